The van der Waals surface area contributed by atoms with Crippen LogP contribution >= 0.6 is 11.6 Å². The van der Waals surface area contributed by atoms with Gasteiger partial charge in [0.25, 0.3) is 5.91 Å². The molecule has 4 rings (SSSR count). The Bertz CT molecular complexity index is 745. The molecule has 2 N–H and O–H groups in total. The van der Waals surface area contributed by atoms with Crippen molar-refractivity contribution in [2.24, 2.45) is 17.8 Å². The van der Waals surface area contributed by atoms with E-state index in [9.17, 15) is 9.90 Å². The summed E-state index contributed by atoms with van der Waals surface area (Å²) in [6.07, 6.45) is 8.19. The monoisotopic (exact) mass is 358 g/mol. The molecule has 2 bridgehead atoms. The lowest BCUT2D eigenvalue weighted by molar-refractivity contribution is 0.0848. The third-order valence-corrected chi connectivity index (χ3v) is 6.18. The summed E-state index contributed by atoms with van der Waals surface area (Å²) in [5.41, 5.74) is 1.45. The molecule has 25 heavy (non-hydrogen) atoms. The van der Waals surface area contributed by atoms with E-state index in [2.05, 4.69) is 5.32 Å². The number of carbonyl (C=O) groups excluding carboxylic acids is 1. The summed E-state index contributed by atoms with van der Waals surface area (Å²) in [7, 11) is 0. The Hall–Kier alpha value is -1.78. The largest absolute Gasteiger partial charge is 0.396 e. The highest BCUT2D eigenvalue weighted by Crippen LogP contribution is 2.44. The molecule has 0 radical (unpaired) electrons. The van der Waals surface area contributed by atoms with Crippen molar-refractivity contribution in [2.75, 3.05) is 6.61 Å². The maximum absolute atomic E-state index is 12.9. The van der Waals surface area contributed by atoms with E-state index < -0.39 is 0 Å². The van der Waals surface area contributed by atoms with Gasteiger partial charge in [-0.25, -0.2) is 0 Å². The van der Waals surface area contributed by atoms with E-state index >= 15 is 0 Å². The lowest BCUT2D eigenvalue weighted by Crippen LogP contribution is -2.45. The second-order valence-corrected chi connectivity index (χ2v) is 7.78. The summed E-state index contributed by atoms with van der Waals surface area (Å²) in [6, 6.07) is 9.65. The van der Waals surface area contributed by atoms with Crippen LogP contribution in [0, 0.1) is 17.8 Å². The van der Waals surface area contributed by atoms with Crippen molar-refractivity contribution in [3.63, 3.8) is 0 Å². The van der Waals surface area contributed by atoms with Gasteiger partial charge >= 0.3 is 0 Å². The maximum Gasteiger partial charge on any atom is 0.253 e. The highest BCUT2D eigenvalue weighted by molar-refractivity contribution is 6.33. The van der Waals surface area contributed by atoms with Crippen molar-refractivity contribution >= 4 is 17.5 Å². The van der Waals surface area contributed by atoms with Crippen LogP contribution in [0.25, 0.3) is 5.69 Å². The van der Waals surface area contributed by atoms with Gasteiger partial charge in [-0.15, -0.1) is 0 Å². The minimum absolute atomic E-state index is 0.0941. The molecule has 5 heteroatoms. The minimum Gasteiger partial charge on any atom is -0.396 e. The molecule has 1 amide bonds. The number of benzene rings is 1. The Morgan fingerprint density at radius 1 is 1.20 bits per heavy atom. The summed E-state index contributed by atoms with van der Waals surface area (Å²) < 4.78 is 1.96. The second-order valence-electron chi connectivity index (χ2n) is 7.37. The van der Waals surface area contributed by atoms with E-state index in [4.69, 9.17) is 11.6 Å². The molecule has 4 atom stereocenters. The zero-order valence-electron chi connectivity index (χ0n) is 14.1. The van der Waals surface area contributed by atoms with Gasteiger partial charge in [-0.3, -0.25) is 4.79 Å². The van der Waals surface area contributed by atoms with Crippen molar-refractivity contribution in [3.8, 4) is 5.69 Å². The Labute approximate surface area is 152 Å². The first-order chi connectivity index (χ1) is 12.2. The van der Waals surface area contributed by atoms with E-state index in [-0.39, 0.29) is 18.6 Å². The number of fused-ring (bicyclic) bond motifs is 2. The second kappa shape index (κ2) is 6.85. The molecule has 4 nitrogen and oxygen atoms in total. The van der Waals surface area contributed by atoms with Crippen LogP contribution in [-0.2, 0) is 0 Å². The molecule has 2 aromatic rings. The van der Waals surface area contributed by atoms with Crippen LogP contribution < -0.4 is 5.32 Å². The van der Waals surface area contributed by atoms with Gasteiger partial charge in [-0.2, -0.15) is 0 Å². The molecule has 1 aromatic carbocycles. The number of hydrogen-bond acceptors (Lipinski definition) is 2. The summed E-state index contributed by atoms with van der Waals surface area (Å²) >= 11 is 6.30. The fourth-order valence-electron chi connectivity index (χ4n) is 4.62. The number of hydrogen-bond donors (Lipinski definition) is 2. The van der Waals surface area contributed by atoms with Gasteiger partial charge in [0.05, 0.1) is 10.6 Å². The minimum atomic E-state index is -0.0941. The Morgan fingerprint density at radius 2 is 1.88 bits per heavy atom. The van der Waals surface area contributed by atoms with Crippen molar-refractivity contribution in [2.45, 2.75) is 31.7 Å². The fraction of sp³-hybridized carbons (Fsp3) is 0.450. The number of aliphatic hydroxyl groups excluding tert-OH is 1. The first-order valence-electron chi connectivity index (χ1n) is 9.00. The van der Waals surface area contributed by atoms with E-state index in [0.717, 1.165) is 31.4 Å². The van der Waals surface area contributed by atoms with Crippen LogP contribution in [0.2, 0.25) is 5.02 Å². The Balaban J connectivity index is 1.53. The number of aromatic nitrogens is 1. The molecular weight excluding hydrogens is 336 g/mol. The zero-order valence-corrected chi connectivity index (χ0v) is 14.8. The normalized spacial score (nSPS) is 28.1. The fourth-order valence-corrected chi connectivity index (χ4v) is 4.83. The number of nitrogens with zero attached hydrogens (tertiary/aromatic N) is 1. The number of carbonyl (C=O) groups is 1. The van der Waals surface area contributed by atoms with Gasteiger partial charge in [0.1, 0.15) is 0 Å². The quantitative estimate of drug-likeness (QED) is 0.876. The average molecular weight is 359 g/mol. The third-order valence-electron chi connectivity index (χ3n) is 5.85. The molecule has 132 valence electrons. The number of nitrogens with one attached hydrogen (secondary N) is 1. The lowest BCUT2D eigenvalue weighted by Gasteiger charge is -2.35. The number of rotatable bonds is 4. The van der Waals surface area contributed by atoms with Crippen molar-refractivity contribution in [1.29, 1.82) is 0 Å². The van der Waals surface area contributed by atoms with Crippen LogP contribution in [0.1, 0.15) is 36.0 Å². The predicted molar refractivity (Wildman–Crippen MR) is 98.1 cm³/mol. The van der Waals surface area contributed by atoms with Crippen LogP contribution in [-0.4, -0.2) is 28.2 Å². The van der Waals surface area contributed by atoms with Crippen molar-refractivity contribution in [3.05, 3.63) is 53.3 Å². The summed E-state index contributed by atoms with van der Waals surface area (Å²) in [5, 5.41) is 13.2. The zero-order chi connectivity index (χ0) is 17.4. The van der Waals surface area contributed by atoms with E-state index in [1.165, 1.54) is 0 Å². The summed E-state index contributed by atoms with van der Waals surface area (Å²) in [6.45, 7) is 0.262. The van der Waals surface area contributed by atoms with Gasteiger partial charge in [0.2, 0.25) is 0 Å². The molecule has 1 aromatic heterocycles. The molecule has 2 aliphatic carbocycles. The molecular formula is C20H23ClN2O2. The van der Waals surface area contributed by atoms with Crippen molar-refractivity contribution in [1.82, 2.24) is 9.88 Å². The Morgan fingerprint density at radius 3 is 2.52 bits per heavy atom. The van der Waals surface area contributed by atoms with Gasteiger partial charge in [-0.05, 0) is 73.8 Å². The van der Waals surface area contributed by atoms with E-state index in [0.29, 0.717) is 28.3 Å². The van der Waals surface area contributed by atoms with Crippen LogP contribution in [0.4, 0.5) is 0 Å². The lowest BCUT2D eigenvalue weighted by atomic mass is 9.77. The molecule has 2 unspecified atom stereocenters. The molecule has 1 heterocycles. The highest BCUT2D eigenvalue weighted by atomic mass is 35.5. The summed E-state index contributed by atoms with van der Waals surface area (Å²) in [5.74, 6) is 1.26. The molecule has 0 saturated heterocycles. The maximum atomic E-state index is 12.9. The smallest absolute Gasteiger partial charge is 0.253 e. The number of amides is 1. The van der Waals surface area contributed by atoms with Crippen LogP contribution in [0.5, 0.6) is 0 Å². The first kappa shape index (κ1) is 16.7. The predicted octanol–water partition coefficient (Wildman–Crippen LogP) is 3.66. The topological polar surface area (TPSA) is 54.3 Å². The third kappa shape index (κ3) is 3.21. The summed E-state index contributed by atoms with van der Waals surface area (Å²) in [4.78, 5) is 12.9. The van der Waals surface area contributed by atoms with Crippen molar-refractivity contribution < 1.29 is 9.90 Å². The molecule has 2 fully saturated rings. The van der Waals surface area contributed by atoms with E-state index in [1.807, 2.05) is 41.2 Å². The SMILES string of the molecule is O=C(NC1[C@@H]2CC[C@H]1CC(CO)C2)c1cc(-n2cccc2)ccc1Cl. The van der Waals surface area contributed by atoms with Gasteiger partial charge in [0, 0.05) is 30.7 Å². The van der Waals surface area contributed by atoms with Crippen LogP contribution in [0.3, 0.4) is 0 Å². The van der Waals surface area contributed by atoms with Crippen LogP contribution in [0.15, 0.2) is 42.7 Å². The molecule has 0 spiro atoms. The standard InChI is InChI=1S/C20H23ClN2O2/c21-18-6-5-16(23-7-1-2-8-23)11-17(18)20(25)22-19-14-3-4-15(19)10-13(9-14)12-24/h1-2,5-8,11,13-15,19,24H,3-4,9-10,12H2,(H,22,25)/t13?,14-,15+,19?. The molecule has 0 aliphatic heterocycles. The number of aliphatic hydroxyl groups is 1. The molecule has 2 saturated carbocycles. The van der Waals surface area contributed by atoms with Gasteiger partial charge < -0.3 is 15.0 Å². The first-order valence-corrected chi connectivity index (χ1v) is 9.38. The Kier molecular flexibility index (Phi) is 4.57. The van der Waals surface area contributed by atoms with Gasteiger partial charge in [0.15, 0.2) is 0 Å². The van der Waals surface area contributed by atoms with Gasteiger partial charge in [-0.1, -0.05) is 11.6 Å². The van der Waals surface area contributed by atoms with E-state index in [1.54, 1.807) is 6.07 Å². The number of halogens is 1. The molecule has 2 aliphatic rings. The highest BCUT2D eigenvalue weighted by Gasteiger charge is 2.43. The average Bonchev–Trinajstić information content (AvgIpc) is 3.22.